The highest BCUT2D eigenvalue weighted by Crippen LogP contribution is 2.43. The predicted octanol–water partition coefficient (Wildman–Crippen LogP) is 2.38. The summed E-state index contributed by atoms with van der Waals surface area (Å²) < 4.78 is 0. The normalized spacial score (nSPS) is 30.9. The summed E-state index contributed by atoms with van der Waals surface area (Å²) in [7, 11) is 1.78. The zero-order valence-corrected chi connectivity index (χ0v) is 13.8. The molecule has 126 valence electrons. The number of hydrogen-bond acceptors (Lipinski definition) is 3. The van der Waals surface area contributed by atoms with Gasteiger partial charge in [-0.05, 0) is 22.9 Å². The maximum atomic E-state index is 13.2. The molecule has 2 fully saturated rings. The third kappa shape index (κ3) is 1.99. The van der Waals surface area contributed by atoms with Crippen LogP contribution >= 0.6 is 0 Å². The number of fused-ring (bicyclic) bond motifs is 2. The van der Waals surface area contributed by atoms with Crippen LogP contribution in [0, 0.1) is 17.8 Å². The Bertz CT molecular complexity index is 922. The van der Waals surface area contributed by atoms with Crippen LogP contribution in [0.4, 0.5) is 5.69 Å². The number of benzene rings is 2. The number of nitrogens with zero attached hydrogens (tertiary/aromatic N) is 2. The Hall–Kier alpha value is -2.66. The van der Waals surface area contributed by atoms with Crippen LogP contribution in [0.1, 0.15) is 0 Å². The Morgan fingerprint density at radius 3 is 2.64 bits per heavy atom. The Labute approximate surface area is 145 Å². The molecule has 25 heavy (non-hydrogen) atoms. The fraction of sp³-hybridized carbons (Fsp3) is 0.300. The number of anilines is 1. The van der Waals surface area contributed by atoms with Gasteiger partial charge in [-0.2, -0.15) is 5.06 Å². The predicted molar refractivity (Wildman–Crippen MR) is 93.6 cm³/mol. The van der Waals surface area contributed by atoms with E-state index >= 15 is 0 Å². The van der Waals surface area contributed by atoms with Gasteiger partial charge in [-0.1, -0.05) is 42.5 Å². The number of amides is 2. The minimum Gasteiger partial charge on any atom is -0.338 e. The first-order valence-corrected chi connectivity index (χ1v) is 8.56. The number of carbonyl (C=O) groups is 2. The van der Waals surface area contributed by atoms with Gasteiger partial charge < -0.3 is 4.90 Å². The zero-order valence-electron chi connectivity index (χ0n) is 13.8. The fourth-order valence-electron chi connectivity index (χ4n) is 4.39. The van der Waals surface area contributed by atoms with Crippen molar-refractivity contribution in [1.29, 1.82) is 0 Å². The lowest BCUT2D eigenvalue weighted by Crippen LogP contribution is -2.64. The summed E-state index contributed by atoms with van der Waals surface area (Å²) in [5.74, 6) is -0.530. The van der Waals surface area contributed by atoms with Crippen molar-refractivity contribution in [3.8, 4) is 0 Å². The second-order valence-electron chi connectivity index (χ2n) is 7.00. The van der Waals surface area contributed by atoms with E-state index in [4.69, 9.17) is 4.84 Å². The molecule has 0 saturated carbocycles. The smallest absolute Gasteiger partial charge is 0.256 e. The molecule has 2 amide bonds. The highest BCUT2D eigenvalue weighted by Gasteiger charge is 2.55. The van der Waals surface area contributed by atoms with E-state index in [1.54, 1.807) is 11.9 Å². The molecule has 2 aromatic carbocycles. The van der Waals surface area contributed by atoms with E-state index in [9.17, 15) is 9.59 Å². The maximum Gasteiger partial charge on any atom is 0.256 e. The lowest BCUT2D eigenvalue weighted by Gasteiger charge is -2.51. The van der Waals surface area contributed by atoms with Crippen LogP contribution in [0.15, 0.2) is 54.6 Å². The number of hydrogen-bond donors (Lipinski definition) is 0. The van der Waals surface area contributed by atoms with Crippen LogP contribution in [-0.4, -0.2) is 36.4 Å². The summed E-state index contributed by atoms with van der Waals surface area (Å²) in [5.41, 5.74) is 0.738. The maximum absolute atomic E-state index is 13.2. The molecule has 3 aliphatic heterocycles. The van der Waals surface area contributed by atoms with Crippen molar-refractivity contribution in [3.63, 3.8) is 0 Å². The number of piperidine rings is 1. The van der Waals surface area contributed by atoms with Gasteiger partial charge in [-0.3, -0.25) is 14.4 Å². The second-order valence-corrected chi connectivity index (χ2v) is 7.00. The zero-order chi connectivity index (χ0) is 17.1. The number of rotatable bonds is 1. The van der Waals surface area contributed by atoms with Crippen molar-refractivity contribution < 1.29 is 14.4 Å². The van der Waals surface area contributed by atoms with Gasteiger partial charge in [0.05, 0.1) is 30.2 Å². The van der Waals surface area contributed by atoms with Gasteiger partial charge in [0.25, 0.3) is 5.91 Å². The molecule has 6 rings (SSSR count). The van der Waals surface area contributed by atoms with Gasteiger partial charge in [0.1, 0.15) is 0 Å². The third-order valence-electron chi connectivity index (χ3n) is 5.74. The standard InChI is InChI=1S/C20H18N2O3/c1-21-17-9-8-15(19(21)23)16-11-25-22(20(24)18(16)17)14-7-6-12-4-2-3-5-13(12)10-14/h2-10,15-18H,11H2,1H3/t15?,16-,17?,18-/m0/s1. The van der Waals surface area contributed by atoms with Crippen LogP contribution in [0.3, 0.4) is 0 Å². The lowest BCUT2D eigenvalue weighted by molar-refractivity contribution is -0.162. The topological polar surface area (TPSA) is 49.9 Å². The van der Waals surface area contributed by atoms with E-state index in [1.165, 1.54) is 5.06 Å². The molecule has 4 atom stereocenters. The van der Waals surface area contributed by atoms with Crippen LogP contribution in [0.2, 0.25) is 0 Å². The number of likely N-dealkylation sites (N-methyl/N-ethyl adjacent to an activating group) is 1. The number of hydroxylamine groups is 1. The molecule has 2 unspecified atom stereocenters. The summed E-state index contributed by atoms with van der Waals surface area (Å²) in [5, 5.41) is 3.61. The Morgan fingerprint density at radius 2 is 1.80 bits per heavy atom. The molecule has 5 nitrogen and oxygen atoms in total. The molecule has 3 heterocycles. The second kappa shape index (κ2) is 5.17. The van der Waals surface area contributed by atoms with Crippen molar-refractivity contribution in [3.05, 3.63) is 54.6 Å². The van der Waals surface area contributed by atoms with Gasteiger partial charge in [0.15, 0.2) is 0 Å². The Balaban J connectivity index is 1.52. The van der Waals surface area contributed by atoms with E-state index in [1.807, 2.05) is 54.6 Å². The molecule has 2 bridgehead atoms. The van der Waals surface area contributed by atoms with Crippen LogP contribution in [0.25, 0.3) is 10.8 Å². The first-order chi connectivity index (χ1) is 12.1. The summed E-state index contributed by atoms with van der Waals surface area (Å²) in [6, 6.07) is 13.7. The van der Waals surface area contributed by atoms with Crippen molar-refractivity contribution in [2.24, 2.45) is 17.8 Å². The summed E-state index contributed by atoms with van der Waals surface area (Å²) in [6.45, 7) is 0.383. The molecule has 0 spiro atoms. The monoisotopic (exact) mass is 334 g/mol. The SMILES string of the molecule is CN1C(=O)C2C=CC1[C@H]1C(=O)N(c3ccc4ccccc4c3)OC[C@@H]21. The first kappa shape index (κ1) is 14.7. The fourth-order valence-corrected chi connectivity index (χ4v) is 4.39. The molecule has 4 aliphatic rings. The van der Waals surface area contributed by atoms with E-state index in [0.717, 1.165) is 16.5 Å². The molecule has 2 aromatic rings. The third-order valence-corrected chi connectivity index (χ3v) is 5.74. The van der Waals surface area contributed by atoms with E-state index in [0.29, 0.717) is 6.61 Å². The largest absolute Gasteiger partial charge is 0.338 e. The van der Waals surface area contributed by atoms with Gasteiger partial charge in [-0.25, -0.2) is 0 Å². The molecular formula is C20H18N2O3. The minimum atomic E-state index is -0.247. The number of carbonyl (C=O) groups excluding carboxylic acids is 2. The van der Waals surface area contributed by atoms with Crippen LogP contribution in [-0.2, 0) is 14.4 Å². The van der Waals surface area contributed by atoms with Crippen molar-refractivity contribution >= 4 is 28.3 Å². The average Bonchev–Trinajstić information content (AvgIpc) is 2.65. The van der Waals surface area contributed by atoms with Gasteiger partial charge in [0.2, 0.25) is 5.91 Å². The van der Waals surface area contributed by atoms with Crippen LogP contribution < -0.4 is 5.06 Å². The van der Waals surface area contributed by atoms with Gasteiger partial charge in [0, 0.05) is 13.0 Å². The highest BCUT2D eigenvalue weighted by atomic mass is 16.7. The van der Waals surface area contributed by atoms with Crippen molar-refractivity contribution in [1.82, 2.24) is 4.90 Å². The van der Waals surface area contributed by atoms with Gasteiger partial charge in [-0.15, -0.1) is 0 Å². The van der Waals surface area contributed by atoms with Gasteiger partial charge >= 0.3 is 0 Å². The minimum absolute atomic E-state index is 0.0646. The van der Waals surface area contributed by atoms with Crippen molar-refractivity contribution in [2.45, 2.75) is 6.04 Å². The first-order valence-electron chi connectivity index (χ1n) is 8.56. The summed E-state index contributed by atoms with van der Waals surface area (Å²) in [4.78, 5) is 33.0. The average molecular weight is 334 g/mol. The van der Waals surface area contributed by atoms with E-state index in [-0.39, 0.29) is 35.6 Å². The molecule has 1 aliphatic carbocycles. The summed E-state index contributed by atoms with van der Waals surface area (Å²) >= 11 is 0. The Morgan fingerprint density at radius 1 is 1.00 bits per heavy atom. The lowest BCUT2D eigenvalue weighted by atomic mass is 9.68. The molecular weight excluding hydrogens is 316 g/mol. The molecule has 2 saturated heterocycles. The van der Waals surface area contributed by atoms with E-state index < -0.39 is 0 Å². The highest BCUT2D eigenvalue weighted by molar-refractivity contribution is 5.99. The Kier molecular flexibility index (Phi) is 3.03. The van der Waals surface area contributed by atoms with Crippen LogP contribution in [0.5, 0.6) is 0 Å². The van der Waals surface area contributed by atoms with E-state index in [2.05, 4.69) is 0 Å². The van der Waals surface area contributed by atoms with Crippen molar-refractivity contribution in [2.75, 3.05) is 18.7 Å². The molecule has 0 N–H and O–H groups in total. The molecule has 5 heteroatoms. The summed E-state index contributed by atoms with van der Waals surface area (Å²) in [6.07, 6.45) is 3.94. The molecule has 0 radical (unpaired) electrons. The quantitative estimate of drug-likeness (QED) is 0.753. The molecule has 0 aromatic heterocycles.